The van der Waals surface area contributed by atoms with Crippen LogP contribution >= 0.6 is 0 Å². The molecule has 0 bridgehead atoms. The molecule has 4 atom stereocenters. The van der Waals surface area contributed by atoms with Crippen molar-refractivity contribution in [3.63, 3.8) is 0 Å². The minimum absolute atomic E-state index is 0.257. The maximum Gasteiger partial charge on any atom is 0.329 e. The van der Waals surface area contributed by atoms with Crippen molar-refractivity contribution in [3.8, 4) is 17.1 Å². The van der Waals surface area contributed by atoms with Crippen molar-refractivity contribution in [1.82, 2.24) is 25.5 Å². The third-order valence-corrected chi connectivity index (χ3v) is 4.97. The Balaban J connectivity index is 1.43. The fraction of sp³-hybridized carbons (Fsp3) is 0.500. The van der Waals surface area contributed by atoms with Crippen LogP contribution in [0.1, 0.15) is 6.04 Å². The lowest BCUT2D eigenvalue weighted by molar-refractivity contribution is -0.143. The first-order valence-electron chi connectivity index (χ1n) is 9.31. The molecule has 0 saturated carbocycles. The second-order valence-corrected chi connectivity index (χ2v) is 6.90. The summed E-state index contributed by atoms with van der Waals surface area (Å²) >= 11 is 0. The zero-order valence-electron chi connectivity index (χ0n) is 16.1. The number of hydrogen-bond donors (Lipinski definition) is 2. The number of benzene rings is 1. The third-order valence-electron chi connectivity index (χ3n) is 4.97. The molecular formula is C18H21N5O7. The van der Waals surface area contributed by atoms with Crippen LogP contribution in [0.15, 0.2) is 24.3 Å². The zero-order chi connectivity index (χ0) is 21.1. The monoisotopic (exact) mass is 419 g/mol. The largest absolute Gasteiger partial charge is 0.497 e. The number of carbonyl (C=O) groups is 2. The van der Waals surface area contributed by atoms with Gasteiger partial charge in [-0.25, -0.2) is 9.48 Å². The highest BCUT2D eigenvalue weighted by molar-refractivity contribution is 5.78. The number of methoxy groups -OCH3 is 1. The van der Waals surface area contributed by atoms with Gasteiger partial charge in [0.1, 0.15) is 37.2 Å². The van der Waals surface area contributed by atoms with E-state index in [4.69, 9.17) is 24.1 Å². The normalized spacial score (nSPS) is 25.1. The zero-order valence-corrected chi connectivity index (χ0v) is 16.1. The molecule has 12 nitrogen and oxygen atoms in total. The van der Waals surface area contributed by atoms with Crippen LogP contribution in [0, 0.1) is 0 Å². The van der Waals surface area contributed by atoms with E-state index in [9.17, 15) is 9.59 Å². The Bertz CT molecular complexity index is 920. The summed E-state index contributed by atoms with van der Waals surface area (Å²) in [6.07, 6.45) is -0.719. The molecule has 2 aromatic rings. The van der Waals surface area contributed by atoms with Gasteiger partial charge in [-0.05, 0) is 22.6 Å². The average molecular weight is 419 g/mol. The van der Waals surface area contributed by atoms with Crippen molar-refractivity contribution < 1.29 is 33.6 Å². The summed E-state index contributed by atoms with van der Waals surface area (Å²) in [5.41, 5.74) is 0.793. The molecule has 2 aliphatic heterocycles. The number of carboxylic acid groups (broad SMARTS) is 1. The molecule has 1 aromatic carbocycles. The smallest absolute Gasteiger partial charge is 0.329 e. The van der Waals surface area contributed by atoms with Crippen LogP contribution in [0.4, 0.5) is 0 Å². The van der Waals surface area contributed by atoms with E-state index in [0.29, 0.717) is 18.2 Å². The molecule has 2 fully saturated rings. The number of tetrazole rings is 1. The van der Waals surface area contributed by atoms with Gasteiger partial charge in [0.05, 0.1) is 26.4 Å². The van der Waals surface area contributed by atoms with E-state index in [1.807, 2.05) is 24.3 Å². The molecule has 30 heavy (non-hydrogen) atoms. The first-order chi connectivity index (χ1) is 14.6. The standard InChI is InChI=1S/C18H21N5O7/c1-27-11-4-2-3-10(5-11)18-20-21-22-23(18)13-7-30-16-12(6-29-17(13)16)19-14(24)8-28-9-15(25)26/h2-5,12-13,16-17H,6-9H2,1H3,(H,19,24)(H,25,26)/t12-,13-,16+,17+/m0/s1. The lowest BCUT2D eigenvalue weighted by Crippen LogP contribution is -2.45. The Morgan fingerprint density at radius 1 is 1.27 bits per heavy atom. The SMILES string of the molecule is COc1cccc(-c2nnnn2[C@H]2CO[C@H]3[C@@H]2OC[C@@H]3NC(=O)COCC(=O)O)c1. The van der Waals surface area contributed by atoms with Gasteiger partial charge in [-0.3, -0.25) is 4.79 Å². The second-order valence-electron chi connectivity index (χ2n) is 6.90. The summed E-state index contributed by atoms with van der Waals surface area (Å²) < 4.78 is 23.5. The molecule has 1 amide bonds. The van der Waals surface area contributed by atoms with Crippen molar-refractivity contribution in [3.05, 3.63) is 24.3 Å². The first-order valence-corrected chi connectivity index (χ1v) is 9.31. The van der Waals surface area contributed by atoms with E-state index in [2.05, 4.69) is 20.8 Å². The van der Waals surface area contributed by atoms with Crippen LogP contribution in [0.3, 0.4) is 0 Å². The van der Waals surface area contributed by atoms with Gasteiger partial charge in [0.2, 0.25) is 5.91 Å². The first kappa shape index (κ1) is 20.2. The lowest BCUT2D eigenvalue weighted by Gasteiger charge is -2.18. The van der Waals surface area contributed by atoms with Gasteiger partial charge in [0, 0.05) is 5.56 Å². The fourth-order valence-corrected chi connectivity index (χ4v) is 3.66. The number of hydrogen-bond acceptors (Lipinski definition) is 9. The molecule has 1 aromatic heterocycles. The maximum absolute atomic E-state index is 12.0. The van der Waals surface area contributed by atoms with Crippen molar-refractivity contribution in [1.29, 1.82) is 0 Å². The quantitative estimate of drug-likeness (QED) is 0.561. The van der Waals surface area contributed by atoms with E-state index < -0.39 is 18.5 Å². The molecule has 0 aliphatic carbocycles. The Kier molecular flexibility index (Phi) is 5.88. The summed E-state index contributed by atoms with van der Waals surface area (Å²) in [7, 11) is 1.59. The number of carbonyl (C=O) groups excluding carboxylic acids is 1. The van der Waals surface area contributed by atoms with E-state index in [1.54, 1.807) is 11.8 Å². The molecule has 2 saturated heterocycles. The minimum Gasteiger partial charge on any atom is -0.497 e. The maximum atomic E-state index is 12.0. The van der Waals surface area contributed by atoms with E-state index in [0.717, 1.165) is 5.56 Å². The van der Waals surface area contributed by atoms with Gasteiger partial charge >= 0.3 is 5.97 Å². The second kappa shape index (κ2) is 8.73. The number of nitrogens with zero attached hydrogens (tertiary/aromatic N) is 4. The third kappa shape index (κ3) is 4.10. The Morgan fingerprint density at radius 3 is 2.90 bits per heavy atom. The van der Waals surface area contributed by atoms with E-state index in [-0.39, 0.29) is 37.5 Å². The highest BCUT2D eigenvalue weighted by Crippen LogP contribution is 2.36. The van der Waals surface area contributed by atoms with Crippen LogP contribution < -0.4 is 10.1 Å². The number of aliphatic carboxylic acids is 1. The Hall–Kier alpha value is -3.09. The Morgan fingerprint density at radius 2 is 2.10 bits per heavy atom. The van der Waals surface area contributed by atoms with E-state index in [1.165, 1.54) is 0 Å². The average Bonchev–Trinajstić information content (AvgIpc) is 3.45. The fourth-order valence-electron chi connectivity index (χ4n) is 3.66. The molecular weight excluding hydrogens is 398 g/mol. The molecule has 4 rings (SSSR count). The highest BCUT2D eigenvalue weighted by Gasteiger charge is 2.50. The van der Waals surface area contributed by atoms with Crippen LogP contribution in [-0.4, -0.2) is 89.0 Å². The van der Waals surface area contributed by atoms with Gasteiger partial charge < -0.3 is 29.4 Å². The summed E-state index contributed by atoms with van der Waals surface area (Å²) in [5, 5.41) is 23.4. The summed E-state index contributed by atoms with van der Waals surface area (Å²) in [4.78, 5) is 22.5. The lowest BCUT2D eigenvalue weighted by atomic mass is 10.1. The molecule has 2 N–H and O–H groups in total. The number of carboxylic acids is 1. The minimum atomic E-state index is -1.14. The van der Waals surface area contributed by atoms with Crippen LogP contribution in [-0.2, 0) is 23.8 Å². The molecule has 0 spiro atoms. The summed E-state index contributed by atoms with van der Waals surface area (Å²) in [6.45, 7) is -0.311. The highest BCUT2D eigenvalue weighted by atomic mass is 16.6. The summed E-state index contributed by atoms with van der Waals surface area (Å²) in [5.74, 6) is -0.326. The number of aromatic nitrogens is 4. The van der Waals surface area contributed by atoms with Crippen LogP contribution in [0.25, 0.3) is 11.4 Å². The van der Waals surface area contributed by atoms with Crippen LogP contribution in [0.5, 0.6) is 5.75 Å². The predicted octanol–water partition coefficient (Wildman–Crippen LogP) is -0.727. The Labute approximate surface area is 171 Å². The molecule has 3 heterocycles. The number of ether oxygens (including phenoxy) is 4. The number of amides is 1. The number of nitrogens with one attached hydrogen (secondary N) is 1. The van der Waals surface area contributed by atoms with Crippen LogP contribution in [0.2, 0.25) is 0 Å². The van der Waals surface area contributed by atoms with Crippen molar-refractivity contribution in [2.45, 2.75) is 24.3 Å². The van der Waals surface area contributed by atoms with Gasteiger partial charge in [-0.15, -0.1) is 5.10 Å². The molecule has 12 heteroatoms. The number of fused-ring (bicyclic) bond motifs is 1. The van der Waals surface area contributed by atoms with E-state index >= 15 is 0 Å². The summed E-state index contributed by atoms with van der Waals surface area (Å²) in [6, 6.07) is 6.76. The molecule has 0 radical (unpaired) electrons. The van der Waals surface area contributed by atoms with Gasteiger partial charge in [0.15, 0.2) is 5.82 Å². The van der Waals surface area contributed by atoms with Crippen molar-refractivity contribution >= 4 is 11.9 Å². The molecule has 0 unspecified atom stereocenters. The topological polar surface area (TPSA) is 147 Å². The van der Waals surface area contributed by atoms with Gasteiger partial charge in [-0.1, -0.05) is 12.1 Å². The van der Waals surface area contributed by atoms with Crippen molar-refractivity contribution in [2.24, 2.45) is 0 Å². The number of rotatable bonds is 8. The predicted molar refractivity (Wildman–Crippen MR) is 98.7 cm³/mol. The van der Waals surface area contributed by atoms with Crippen molar-refractivity contribution in [2.75, 3.05) is 33.5 Å². The van der Waals surface area contributed by atoms with Gasteiger partial charge in [-0.2, -0.15) is 0 Å². The molecule has 2 aliphatic rings. The van der Waals surface area contributed by atoms with Gasteiger partial charge in [0.25, 0.3) is 0 Å². The molecule has 160 valence electrons.